The van der Waals surface area contributed by atoms with Crippen LogP contribution in [0.25, 0.3) is 21.5 Å². The van der Waals surface area contributed by atoms with E-state index in [1.807, 2.05) is 12.1 Å². The molecule has 0 aliphatic carbocycles. The number of amidine groups is 2. The van der Waals surface area contributed by atoms with Gasteiger partial charge in [-0.25, -0.2) is 20.0 Å². The van der Waals surface area contributed by atoms with Crippen molar-refractivity contribution in [2.45, 2.75) is 26.1 Å². The molecule has 0 amide bonds. The fourth-order valence-corrected chi connectivity index (χ4v) is 5.81. The second kappa shape index (κ2) is 6.89. The Kier molecular flexibility index (Phi) is 3.76. The fourth-order valence-electron chi connectivity index (χ4n) is 5.81. The Morgan fingerprint density at radius 3 is 1.80 bits per heavy atom. The smallest absolute Gasteiger partial charge is 0.333 e. The molecular formula is C28H21BN6. The van der Waals surface area contributed by atoms with Crippen LogP contribution in [0.15, 0.2) is 92.8 Å². The molecule has 0 saturated heterocycles. The van der Waals surface area contributed by atoms with Crippen molar-refractivity contribution in [3.63, 3.8) is 0 Å². The van der Waals surface area contributed by atoms with Crippen molar-refractivity contribution in [1.29, 1.82) is 0 Å². The highest BCUT2D eigenvalue weighted by atomic mass is 15.2. The number of nitrogens with zero attached hydrogens (tertiary/aromatic N) is 6. The van der Waals surface area contributed by atoms with Crippen molar-refractivity contribution in [3.05, 3.63) is 94.9 Å². The Bertz CT molecular complexity index is 1910. The first-order valence-electron chi connectivity index (χ1n) is 12.3. The summed E-state index contributed by atoms with van der Waals surface area (Å²) in [5.41, 5.74) is 3.94. The van der Waals surface area contributed by atoms with Crippen molar-refractivity contribution in [2.75, 3.05) is 0 Å². The van der Waals surface area contributed by atoms with E-state index in [0.717, 1.165) is 86.1 Å². The molecule has 35 heavy (non-hydrogen) atoms. The molecule has 5 aromatic rings. The van der Waals surface area contributed by atoms with Gasteiger partial charge in [0.25, 0.3) is 0 Å². The summed E-state index contributed by atoms with van der Waals surface area (Å²) in [7, 11) is 0. The predicted octanol–water partition coefficient (Wildman–Crippen LogP) is 5.02. The molecule has 0 unspecified atom stereocenters. The first-order valence-corrected chi connectivity index (χ1v) is 12.3. The van der Waals surface area contributed by atoms with E-state index in [0.29, 0.717) is 0 Å². The summed E-state index contributed by atoms with van der Waals surface area (Å²) in [5.74, 6) is 3.33. The Balaban J connectivity index is 1.64. The van der Waals surface area contributed by atoms with E-state index in [1.54, 1.807) is 0 Å². The summed E-state index contributed by atoms with van der Waals surface area (Å²) in [6.45, 7) is 2.28. The number of benzene rings is 3. The summed E-state index contributed by atoms with van der Waals surface area (Å²) in [5, 5.41) is 4.46. The van der Waals surface area contributed by atoms with Gasteiger partial charge in [-0.3, -0.25) is 0 Å². The Labute approximate surface area is 201 Å². The van der Waals surface area contributed by atoms with Crippen LogP contribution in [-0.4, -0.2) is 27.6 Å². The van der Waals surface area contributed by atoms with Crippen molar-refractivity contribution >= 4 is 51.8 Å². The number of unbranched alkanes of at least 4 members (excludes halogenated alkanes) is 1. The van der Waals surface area contributed by atoms with Crippen LogP contribution in [0.5, 0.6) is 0 Å². The molecule has 2 aromatic heterocycles. The van der Waals surface area contributed by atoms with Crippen molar-refractivity contribution < 1.29 is 0 Å². The Morgan fingerprint density at radius 1 is 0.600 bits per heavy atom. The van der Waals surface area contributed by atoms with Crippen LogP contribution in [-0.2, 0) is 0 Å². The van der Waals surface area contributed by atoms with Gasteiger partial charge in [0.05, 0.1) is 0 Å². The van der Waals surface area contributed by atoms with Gasteiger partial charge in [0.1, 0.15) is 22.6 Å². The van der Waals surface area contributed by atoms with Gasteiger partial charge in [-0.2, -0.15) is 0 Å². The van der Waals surface area contributed by atoms with Crippen LogP contribution in [0.1, 0.15) is 30.9 Å². The van der Waals surface area contributed by atoms with Gasteiger partial charge < -0.3 is 8.96 Å². The maximum Gasteiger partial charge on any atom is 0.389 e. The van der Waals surface area contributed by atoms with E-state index in [9.17, 15) is 0 Å². The zero-order valence-corrected chi connectivity index (χ0v) is 19.3. The van der Waals surface area contributed by atoms with Gasteiger partial charge in [0.2, 0.25) is 0 Å². The SMILES string of the molecule is CCCCB1n2c3c4ccccc4c2N=c2c4ccccc4c(n21)=NC1=NC(=N3)c2ccccc21. The molecule has 3 aromatic carbocycles. The third-order valence-corrected chi connectivity index (χ3v) is 7.40. The summed E-state index contributed by atoms with van der Waals surface area (Å²) >= 11 is 0. The highest BCUT2D eigenvalue weighted by Crippen LogP contribution is 2.41. The predicted molar refractivity (Wildman–Crippen MR) is 141 cm³/mol. The fraction of sp³-hybridized carbons (Fsp3) is 0.143. The number of fused-ring (bicyclic) bond motifs is 10. The van der Waals surface area contributed by atoms with Crippen LogP contribution in [0, 0.1) is 0 Å². The van der Waals surface area contributed by atoms with Crippen LogP contribution >= 0.6 is 0 Å². The lowest BCUT2D eigenvalue weighted by Crippen LogP contribution is -2.48. The van der Waals surface area contributed by atoms with Gasteiger partial charge >= 0.3 is 6.98 Å². The maximum atomic E-state index is 5.30. The zero-order chi connectivity index (χ0) is 23.1. The maximum absolute atomic E-state index is 5.30. The third kappa shape index (κ3) is 2.45. The van der Waals surface area contributed by atoms with Crippen LogP contribution in [0.3, 0.4) is 0 Å². The summed E-state index contributed by atoms with van der Waals surface area (Å²) < 4.78 is 4.67. The van der Waals surface area contributed by atoms with Crippen LogP contribution in [0.4, 0.5) is 11.6 Å². The van der Waals surface area contributed by atoms with Gasteiger partial charge in [0, 0.05) is 32.7 Å². The molecule has 6 nitrogen and oxygen atoms in total. The zero-order valence-electron chi connectivity index (χ0n) is 19.3. The summed E-state index contributed by atoms with van der Waals surface area (Å²) in [4.78, 5) is 20.7. The molecular weight excluding hydrogens is 431 g/mol. The van der Waals surface area contributed by atoms with Crippen molar-refractivity contribution in [1.82, 2.24) is 8.96 Å². The largest absolute Gasteiger partial charge is 0.389 e. The Morgan fingerprint density at radius 2 is 1.14 bits per heavy atom. The van der Waals surface area contributed by atoms with E-state index in [-0.39, 0.29) is 6.98 Å². The van der Waals surface area contributed by atoms with Gasteiger partial charge in [-0.15, -0.1) is 0 Å². The Hall–Kier alpha value is -4.26. The molecule has 0 radical (unpaired) electrons. The molecule has 8 rings (SSSR count). The lowest BCUT2D eigenvalue weighted by atomic mass is 9.69. The molecule has 5 heterocycles. The molecule has 166 valence electrons. The van der Waals surface area contributed by atoms with E-state index in [2.05, 4.69) is 76.5 Å². The number of rotatable bonds is 3. The molecule has 0 spiro atoms. The lowest BCUT2D eigenvalue weighted by molar-refractivity contribution is 0.823. The molecule has 3 aliphatic heterocycles. The summed E-state index contributed by atoms with van der Waals surface area (Å²) in [6, 6.07) is 25.2. The van der Waals surface area contributed by atoms with E-state index >= 15 is 0 Å². The van der Waals surface area contributed by atoms with Crippen molar-refractivity contribution in [3.8, 4) is 0 Å². The minimum atomic E-state index is 0.0385. The molecule has 0 fully saturated rings. The van der Waals surface area contributed by atoms with Gasteiger partial charge in [-0.05, 0) is 6.32 Å². The third-order valence-electron chi connectivity index (χ3n) is 7.40. The number of aromatic nitrogens is 2. The number of aliphatic imine (C=N–C) groups is 2. The topological polar surface area (TPSA) is 59.3 Å². The minimum absolute atomic E-state index is 0.0385. The van der Waals surface area contributed by atoms with E-state index < -0.39 is 0 Å². The molecule has 0 saturated carbocycles. The monoisotopic (exact) mass is 452 g/mol. The number of hydrogen-bond acceptors (Lipinski definition) is 4. The molecule has 7 heteroatoms. The first-order chi connectivity index (χ1) is 17.3. The quantitative estimate of drug-likeness (QED) is 0.346. The first kappa shape index (κ1) is 19.1. The molecule has 0 atom stereocenters. The second-order valence-electron chi connectivity index (χ2n) is 9.39. The minimum Gasteiger partial charge on any atom is -0.333 e. The molecule has 0 N–H and O–H groups in total. The average molecular weight is 452 g/mol. The van der Waals surface area contributed by atoms with E-state index in [4.69, 9.17) is 20.0 Å². The van der Waals surface area contributed by atoms with Crippen LogP contribution in [0.2, 0.25) is 6.32 Å². The molecule has 3 aliphatic rings. The van der Waals surface area contributed by atoms with E-state index in [1.165, 1.54) is 0 Å². The molecule has 4 bridgehead atoms. The normalized spacial score (nSPS) is 14.9. The van der Waals surface area contributed by atoms with Crippen molar-refractivity contribution in [2.24, 2.45) is 20.0 Å². The van der Waals surface area contributed by atoms with Gasteiger partial charge in [0.15, 0.2) is 11.7 Å². The second-order valence-corrected chi connectivity index (χ2v) is 9.39. The number of hydrogen-bond donors (Lipinski definition) is 0. The standard InChI is InChI=1S/C28H21BN6/c1-2-3-16-29-34-25-19-12-6-8-14-21(19)27(34)33-28-22-15-9-7-13-20(22)26(35(28)29)32-24-18-11-5-4-10-17(18)23(30-24)31-25/h4-15H,2-3,16H2,1H3. The lowest BCUT2D eigenvalue weighted by Gasteiger charge is -2.23. The highest BCUT2D eigenvalue weighted by Gasteiger charge is 2.35. The summed E-state index contributed by atoms with van der Waals surface area (Å²) in [6.07, 6.45) is 3.20. The van der Waals surface area contributed by atoms with Gasteiger partial charge in [-0.1, -0.05) is 92.6 Å². The average Bonchev–Trinajstić information content (AvgIpc) is 3.52. The van der Waals surface area contributed by atoms with Crippen LogP contribution < -0.4 is 11.0 Å². The highest BCUT2D eigenvalue weighted by molar-refractivity contribution is 6.58.